The third-order valence-electron chi connectivity index (χ3n) is 2.76. The molecule has 98 valence electrons. The van der Waals surface area contributed by atoms with Gasteiger partial charge in [0.15, 0.2) is 0 Å². The number of rotatable bonds is 4. The molecule has 1 aromatic heterocycles. The summed E-state index contributed by atoms with van der Waals surface area (Å²) in [7, 11) is 0. The average Bonchev–Trinajstić information content (AvgIpc) is 2.85. The van der Waals surface area contributed by atoms with Gasteiger partial charge >= 0.3 is 5.97 Å². The fourth-order valence-electron chi connectivity index (χ4n) is 1.88. The molecule has 1 amide bonds. The maximum absolute atomic E-state index is 11.8. The van der Waals surface area contributed by atoms with Crippen LogP contribution < -0.4 is 0 Å². The summed E-state index contributed by atoms with van der Waals surface area (Å²) in [6.45, 7) is 3.47. The summed E-state index contributed by atoms with van der Waals surface area (Å²) in [6, 6.07) is 1.89. The van der Waals surface area contributed by atoms with E-state index in [2.05, 4.69) is 15.9 Å². The van der Waals surface area contributed by atoms with Crippen LogP contribution in [0.1, 0.15) is 27.4 Å². The van der Waals surface area contributed by atoms with E-state index in [-0.39, 0.29) is 18.5 Å². The lowest BCUT2D eigenvalue weighted by molar-refractivity contribution is -0.128. The molecule has 4 nitrogen and oxygen atoms in total. The Morgan fingerprint density at radius 1 is 1.61 bits per heavy atom. The van der Waals surface area contributed by atoms with Crippen LogP contribution in [0.15, 0.2) is 10.5 Å². The van der Waals surface area contributed by atoms with E-state index in [0.29, 0.717) is 17.8 Å². The Hall–Kier alpha value is -0.880. The minimum atomic E-state index is -0.327. The first kappa shape index (κ1) is 13.5. The SMILES string of the molecule is Cc1cc(Br)c(C(=O)OCCN2CCCC2=O)s1. The van der Waals surface area contributed by atoms with Gasteiger partial charge in [-0.05, 0) is 35.3 Å². The number of aryl methyl sites for hydroxylation is 1. The zero-order chi connectivity index (χ0) is 13.1. The Bertz CT molecular complexity index is 472. The average molecular weight is 332 g/mol. The second-order valence-corrected chi connectivity index (χ2v) is 6.27. The van der Waals surface area contributed by atoms with Crippen molar-refractivity contribution in [2.24, 2.45) is 0 Å². The van der Waals surface area contributed by atoms with Gasteiger partial charge in [-0.2, -0.15) is 0 Å². The van der Waals surface area contributed by atoms with E-state index in [9.17, 15) is 9.59 Å². The molecule has 0 spiro atoms. The first-order chi connectivity index (χ1) is 8.58. The smallest absolute Gasteiger partial charge is 0.349 e. The first-order valence-electron chi connectivity index (χ1n) is 5.79. The molecule has 0 bridgehead atoms. The monoisotopic (exact) mass is 331 g/mol. The summed E-state index contributed by atoms with van der Waals surface area (Å²) in [5, 5.41) is 0. The lowest BCUT2D eigenvalue weighted by atomic mass is 10.4. The highest BCUT2D eigenvalue weighted by molar-refractivity contribution is 9.10. The van der Waals surface area contributed by atoms with Crippen LogP contribution in [0.2, 0.25) is 0 Å². The Balaban J connectivity index is 1.81. The van der Waals surface area contributed by atoms with Crippen LogP contribution in [0.25, 0.3) is 0 Å². The molecule has 1 fully saturated rings. The van der Waals surface area contributed by atoms with Gasteiger partial charge < -0.3 is 9.64 Å². The lowest BCUT2D eigenvalue weighted by Gasteiger charge is -2.14. The van der Waals surface area contributed by atoms with Crippen LogP contribution in [0.5, 0.6) is 0 Å². The molecule has 0 aromatic carbocycles. The van der Waals surface area contributed by atoms with E-state index in [0.717, 1.165) is 22.3 Å². The fourth-order valence-corrected chi connectivity index (χ4v) is 3.57. The second kappa shape index (κ2) is 5.84. The van der Waals surface area contributed by atoms with Crippen molar-refractivity contribution >= 4 is 39.1 Å². The first-order valence-corrected chi connectivity index (χ1v) is 7.39. The van der Waals surface area contributed by atoms with E-state index in [1.54, 1.807) is 4.90 Å². The molecule has 2 heterocycles. The number of hydrogen-bond donors (Lipinski definition) is 0. The fraction of sp³-hybridized carbons (Fsp3) is 0.500. The lowest BCUT2D eigenvalue weighted by Crippen LogP contribution is -2.29. The van der Waals surface area contributed by atoms with Gasteiger partial charge in [0.1, 0.15) is 11.5 Å². The minimum absolute atomic E-state index is 0.152. The van der Waals surface area contributed by atoms with E-state index in [1.165, 1.54) is 11.3 Å². The number of ether oxygens (including phenoxy) is 1. The van der Waals surface area contributed by atoms with Crippen LogP contribution in [0.3, 0.4) is 0 Å². The molecule has 0 radical (unpaired) electrons. The summed E-state index contributed by atoms with van der Waals surface area (Å²) in [6.07, 6.45) is 1.52. The molecule has 2 rings (SSSR count). The predicted molar refractivity (Wildman–Crippen MR) is 72.9 cm³/mol. The number of carbonyl (C=O) groups excluding carboxylic acids is 2. The van der Waals surface area contributed by atoms with Gasteiger partial charge in [-0.15, -0.1) is 11.3 Å². The number of likely N-dealkylation sites (tertiary alicyclic amines) is 1. The van der Waals surface area contributed by atoms with Crippen molar-refractivity contribution in [2.75, 3.05) is 19.7 Å². The number of hydrogen-bond acceptors (Lipinski definition) is 4. The molecule has 1 saturated heterocycles. The zero-order valence-electron chi connectivity index (χ0n) is 10.1. The molecule has 6 heteroatoms. The largest absolute Gasteiger partial charge is 0.460 e. The zero-order valence-corrected chi connectivity index (χ0v) is 12.5. The number of thiophene rings is 1. The highest BCUT2D eigenvalue weighted by Gasteiger charge is 2.20. The van der Waals surface area contributed by atoms with Crippen molar-refractivity contribution in [1.29, 1.82) is 0 Å². The molecule has 0 atom stereocenters. The number of amides is 1. The van der Waals surface area contributed by atoms with E-state index in [4.69, 9.17) is 4.74 Å². The van der Waals surface area contributed by atoms with Crippen LogP contribution in [0.4, 0.5) is 0 Å². The number of nitrogens with zero attached hydrogens (tertiary/aromatic N) is 1. The van der Waals surface area contributed by atoms with Crippen molar-refractivity contribution in [1.82, 2.24) is 4.90 Å². The van der Waals surface area contributed by atoms with Gasteiger partial charge in [-0.3, -0.25) is 4.79 Å². The Kier molecular flexibility index (Phi) is 4.40. The maximum Gasteiger partial charge on any atom is 0.349 e. The number of esters is 1. The predicted octanol–water partition coefficient (Wildman–Crippen LogP) is 2.60. The Morgan fingerprint density at radius 3 is 2.94 bits per heavy atom. The summed E-state index contributed by atoms with van der Waals surface area (Å²) >= 11 is 4.73. The summed E-state index contributed by atoms with van der Waals surface area (Å²) in [5.41, 5.74) is 0. The highest BCUT2D eigenvalue weighted by Crippen LogP contribution is 2.27. The molecule has 0 aliphatic carbocycles. The van der Waals surface area contributed by atoms with Crippen molar-refractivity contribution in [3.05, 3.63) is 20.3 Å². The summed E-state index contributed by atoms with van der Waals surface area (Å²) < 4.78 is 5.95. The van der Waals surface area contributed by atoms with Gasteiger partial charge in [0, 0.05) is 22.3 Å². The van der Waals surface area contributed by atoms with Crippen LogP contribution >= 0.6 is 27.3 Å². The maximum atomic E-state index is 11.8. The van der Waals surface area contributed by atoms with Crippen molar-refractivity contribution in [3.8, 4) is 0 Å². The van der Waals surface area contributed by atoms with Crippen LogP contribution in [0, 0.1) is 6.92 Å². The summed E-state index contributed by atoms with van der Waals surface area (Å²) in [5.74, 6) is -0.175. The van der Waals surface area contributed by atoms with Gasteiger partial charge in [0.2, 0.25) is 5.91 Å². The van der Waals surface area contributed by atoms with E-state index >= 15 is 0 Å². The normalized spacial score (nSPS) is 15.2. The number of halogens is 1. The van der Waals surface area contributed by atoms with Crippen LogP contribution in [-0.2, 0) is 9.53 Å². The quantitative estimate of drug-likeness (QED) is 0.796. The molecule has 1 aromatic rings. The third kappa shape index (κ3) is 3.11. The van der Waals surface area contributed by atoms with Crippen molar-refractivity contribution in [3.63, 3.8) is 0 Å². The van der Waals surface area contributed by atoms with Gasteiger partial charge in [-0.1, -0.05) is 0 Å². The molecule has 0 N–H and O–H groups in total. The molecule has 0 saturated carbocycles. The molecule has 18 heavy (non-hydrogen) atoms. The van der Waals surface area contributed by atoms with Crippen molar-refractivity contribution < 1.29 is 14.3 Å². The molecular weight excluding hydrogens is 318 g/mol. The standard InChI is InChI=1S/C12H14BrNO3S/c1-8-7-9(13)11(18-8)12(16)17-6-5-14-4-2-3-10(14)15/h7H,2-6H2,1H3. The molecule has 1 aliphatic heterocycles. The topological polar surface area (TPSA) is 46.6 Å². The van der Waals surface area contributed by atoms with Crippen molar-refractivity contribution in [2.45, 2.75) is 19.8 Å². The van der Waals surface area contributed by atoms with Crippen LogP contribution in [-0.4, -0.2) is 36.5 Å². The number of carbonyl (C=O) groups is 2. The summed E-state index contributed by atoms with van der Waals surface area (Å²) in [4.78, 5) is 26.5. The van der Waals surface area contributed by atoms with E-state index < -0.39 is 0 Å². The second-order valence-electron chi connectivity index (χ2n) is 4.15. The Morgan fingerprint density at radius 2 is 2.39 bits per heavy atom. The third-order valence-corrected chi connectivity index (χ3v) is 4.68. The molecular formula is C12H14BrNO3S. The minimum Gasteiger partial charge on any atom is -0.460 e. The van der Waals surface area contributed by atoms with E-state index in [1.807, 2.05) is 13.0 Å². The highest BCUT2D eigenvalue weighted by atomic mass is 79.9. The molecule has 0 unspecified atom stereocenters. The van der Waals surface area contributed by atoms with Gasteiger partial charge in [0.05, 0.1) is 6.54 Å². The Labute approximate surface area is 118 Å². The molecule has 1 aliphatic rings. The van der Waals surface area contributed by atoms with Gasteiger partial charge in [0.25, 0.3) is 0 Å². The van der Waals surface area contributed by atoms with Gasteiger partial charge in [-0.25, -0.2) is 4.79 Å².